The molecule has 0 spiro atoms. The first-order valence-electron chi connectivity index (χ1n) is 6.37. The number of hydrogen-bond donors (Lipinski definition) is 1. The van der Waals surface area contributed by atoms with Crippen LogP contribution in [0.4, 0.5) is 0 Å². The monoisotopic (exact) mass is 269 g/mol. The number of carbonyl (C=O) groups is 1. The van der Waals surface area contributed by atoms with Crippen molar-refractivity contribution in [2.45, 2.75) is 13.8 Å². The van der Waals surface area contributed by atoms with Crippen molar-refractivity contribution in [1.82, 2.24) is 4.98 Å². The molecule has 0 aliphatic rings. The van der Waals surface area contributed by atoms with Crippen molar-refractivity contribution < 1.29 is 13.9 Å². The number of methoxy groups -OCH3 is 1. The van der Waals surface area contributed by atoms with Crippen molar-refractivity contribution in [3.63, 3.8) is 0 Å². The van der Waals surface area contributed by atoms with E-state index in [1.165, 1.54) is 0 Å². The Kier molecular flexibility index (Phi) is 2.86. The summed E-state index contributed by atoms with van der Waals surface area (Å²) in [6, 6.07) is 9.04. The maximum absolute atomic E-state index is 12.4. The van der Waals surface area contributed by atoms with Crippen LogP contribution in [0.3, 0.4) is 0 Å². The van der Waals surface area contributed by atoms with E-state index >= 15 is 0 Å². The highest BCUT2D eigenvalue weighted by Gasteiger charge is 2.17. The predicted molar refractivity (Wildman–Crippen MR) is 76.5 cm³/mol. The summed E-state index contributed by atoms with van der Waals surface area (Å²) in [6.45, 7) is 3.90. The summed E-state index contributed by atoms with van der Waals surface area (Å²) < 4.78 is 10.8. The number of H-pyrrole nitrogens is 1. The Hall–Kier alpha value is -2.49. The first-order valence-corrected chi connectivity index (χ1v) is 6.37. The predicted octanol–water partition coefficient (Wildman–Crippen LogP) is 3.62. The van der Waals surface area contributed by atoms with E-state index in [-0.39, 0.29) is 5.78 Å². The van der Waals surface area contributed by atoms with Crippen LogP contribution in [0.15, 0.2) is 34.7 Å². The molecule has 0 amide bonds. The molecule has 102 valence electrons. The number of aryl methyl sites for hydroxylation is 2. The van der Waals surface area contributed by atoms with E-state index in [2.05, 4.69) is 4.98 Å². The second-order valence-corrected chi connectivity index (χ2v) is 4.83. The van der Waals surface area contributed by atoms with Crippen molar-refractivity contribution in [3.05, 3.63) is 53.0 Å². The number of hydrogen-bond acceptors (Lipinski definition) is 3. The van der Waals surface area contributed by atoms with Crippen LogP contribution >= 0.6 is 0 Å². The molecule has 0 saturated carbocycles. The molecule has 0 atom stereocenters. The summed E-state index contributed by atoms with van der Waals surface area (Å²) in [5.74, 6) is 0.926. The first kappa shape index (κ1) is 12.5. The highest BCUT2D eigenvalue weighted by atomic mass is 16.5. The van der Waals surface area contributed by atoms with E-state index in [0.29, 0.717) is 17.0 Å². The zero-order valence-electron chi connectivity index (χ0n) is 11.6. The van der Waals surface area contributed by atoms with Crippen LogP contribution in [0, 0.1) is 13.8 Å². The van der Waals surface area contributed by atoms with Gasteiger partial charge in [0.2, 0.25) is 5.78 Å². The third kappa shape index (κ3) is 1.99. The fourth-order valence-electron chi connectivity index (χ4n) is 2.18. The van der Waals surface area contributed by atoms with Crippen LogP contribution in [0.25, 0.3) is 11.0 Å². The molecule has 4 nitrogen and oxygen atoms in total. The van der Waals surface area contributed by atoms with Gasteiger partial charge in [0, 0.05) is 11.1 Å². The molecule has 0 fully saturated rings. The van der Waals surface area contributed by atoms with Gasteiger partial charge in [-0.05, 0) is 49.7 Å². The number of fused-ring (bicyclic) bond motifs is 1. The van der Waals surface area contributed by atoms with Crippen LogP contribution in [0.5, 0.6) is 5.75 Å². The Balaban J connectivity index is 2.03. The average Bonchev–Trinajstić information content (AvgIpc) is 3.01. The Labute approximate surface area is 116 Å². The highest BCUT2D eigenvalue weighted by molar-refractivity contribution is 6.08. The molecule has 0 unspecified atom stereocenters. The Morgan fingerprint density at radius 2 is 2.00 bits per heavy atom. The third-order valence-electron chi connectivity index (χ3n) is 3.47. The van der Waals surface area contributed by atoms with Gasteiger partial charge < -0.3 is 14.1 Å². The largest absolute Gasteiger partial charge is 0.497 e. The minimum absolute atomic E-state index is 0.142. The summed E-state index contributed by atoms with van der Waals surface area (Å²) >= 11 is 0. The number of aromatic nitrogens is 1. The fourth-order valence-corrected chi connectivity index (χ4v) is 2.18. The van der Waals surface area contributed by atoms with Gasteiger partial charge in [0.1, 0.15) is 11.3 Å². The number of aromatic amines is 1. The van der Waals surface area contributed by atoms with E-state index in [1.807, 2.05) is 32.0 Å². The van der Waals surface area contributed by atoms with Gasteiger partial charge >= 0.3 is 0 Å². The van der Waals surface area contributed by atoms with E-state index in [9.17, 15) is 4.79 Å². The highest BCUT2D eigenvalue weighted by Crippen LogP contribution is 2.25. The van der Waals surface area contributed by atoms with Crippen LogP contribution in [-0.2, 0) is 0 Å². The number of carbonyl (C=O) groups excluding carboxylic acids is 1. The van der Waals surface area contributed by atoms with E-state index in [4.69, 9.17) is 9.15 Å². The van der Waals surface area contributed by atoms with Crippen molar-refractivity contribution >= 4 is 16.8 Å². The van der Waals surface area contributed by atoms with Crippen LogP contribution in [0.2, 0.25) is 0 Å². The Morgan fingerprint density at radius 1 is 1.20 bits per heavy atom. The molecule has 0 bridgehead atoms. The minimum Gasteiger partial charge on any atom is -0.497 e. The van der Waals surface area contributed by atoms with Gasteiger partial charge in [0.05, 0.1) is 12.8 Å². The molecule has 3 rings (SSSR count). The molecule has 0 radical (unpaired) electrons. The number of furan rings is 1. The summed E-state index contributed by atoms with van der Waals surface area (Å²) in [7, 11) is 1.61. The first-order chi connectivity index (χ1) is 9.58. The van der Waals surface area contributed by atoms with Gasteiger partial charge in [-0.2, -0.15) is 0 Å². The summed E-state index contributed by atoms with van der Waals surface area (Å²) in [5.41, 5.74) is 3.28. The normalized spacial score (nSPS) is 10.9. The number of rotatable bonds is 3. The standard InChI is InChI=1S/C16H15NO3/c1-9-6-13(17-10(9)2)16(18)15-8-11-7-12(19-3)4-5-14(11)20-15/h4-8,17H,1-3H3. The van der Waals surface area contributed by atoms with Gasteiger partial charge in [0.25, 0.3) is 0 Å². The average molecular weight is 269 g/mol. The molecular weight excluding hydrogens is 254 g/mol. The van der Waals surface area contributed by atoms with Gasteiger partial charge in [-0.1, -0.05) is 0 Å². The van der Waals surface area contributed by atoms with Crippen LogP contribution in [-0.4, -0.2) is 17.9 Å². The van der Waals surface area contributed by atoms with Gasteiger partial charge in [-0.15, -0.1) is 0 Å². The maximum atomic E-state index is 12.4. The van der Waals surface area contributed by atoms with E-state index < -0.39 is 0 Å². The second-order valence-electron chi connectivity index (χ2n) is 4.83. The lowest BCUT2D eigenvalue weighted by Crippen LogP contribution is -1.99. The maximum Gasteiger partial charge on any atom is 0.244 e. The molecule has 3 aromatic rings. The minimum atomic E-state index is -0.142. The lowest BCUT2D eigenvalue weighted by molar-refractivity contribution is 0.101. The van der Waals surface area contributed by atoms with Crippen molar-refractivity contribution in [2.75, 3.05) is 7.11 Å². The number of nitrogens with one attached hydrogen (secondary N) is 1. The molecule has 0 aliphatic carbocycles. The molecule has 4 heteroatoms. The number of ketones is 1. The van der Waals surface area contributed by atoms with Crippen LogP contribution in [0.1, 0.15) is 27.5 Å². The molecule has 1 aromatic carbocycles. The third-order valence-corrected chi connectivity index (χ3v) is 3.47. The zero-order valence-corrected chi connectivity index (χ0v) is 11.6. The van der Waals surface area contributed by atoms with Crippen molar-refractivity contribution in [1.29, 1.82) is 0 Å². The number of ether oxygens (including phenoxy) is 1. The van der Waals surface area contributed by atoms with E-state index in [1.54, 1.807) is 19.2 Å². The Bertz CT molecular complexity index is 776. The lowest BCUT2D eigenvalue weighted by Gasteiger charge is -1.96. The summed E-state index contributed by atoms with van der Waals surface area (Å²) in [5, 5.41) is 0.854. The summed E-state index contributed by atoms with van der Waals surface area (Å²) in [6.07, 6.45) is 0. The fraction of sp³-hybridized carbons (Fsp3) is 0.188. The molecule has 2 heterocycles. The molecule has 0 aliphatic heterocycles. The zero-order chi connectivity index (χ0) is 14.3. The second kappa shape index (κ2) is 4.56. The topological polar surface area (TPSA) is 55.2 Å². The Morgan fingerprint density at radius 3 is 2.65 bits per heavy atom. The molecule has 0 saturated heterocycles. The van der Waals surface area contributed by atoms with Crippen molar-refractivity contribution in [2.24, 2.45) is 0 Å². The lowest BCUT2D eigenvalue weighted by atomic mass is 10.2. The molecular formula is C16H15NO3. The smallest absolute Gasteiger partial charge is 0.244 e. The molecule has 2 aromatic heterocycles. The van der Waals surface area contributed by atoms with Gasteiger partial charge in [0.15, 0.2) is 5.76 Å². The SMILES string of the molecule is COc1ccc2oc(C(=O)c3cc(C)c(C)[nH]3)cc2c1. The summed E-state index contributed by atoms with van der Waals surface area (Å²) in [4.78, 5) is 15.5. The number of benzene rings is 1. The molecule has 1 N–H and O–H groups in total. The molecule has 20 heavy (non-hydrogen) atoms. The van der Waals surface area contributed by atoms with E-state index in [0.717, 1.165) is 22.4 Å². The van der Waals surface area contributed by atoms with Gasteiger partial charge in [-0.25, -0.2) is 0 Å². The van der Waals surface area contributed by atoms with Crippen LogP contribution < -0.4 is 4.74 Å². The van der Waals surface area contributed by atoms with Crippen molar-refractivity contribution in [3.8, 4) is 5.75 Å². The quantitative estimate of drug-likeness (QED) is 0.739. The van der Waals surface area contributed by atoms with Gasteiger partial charge in [-0.3, -0.25) is 4.79 Å².